The van der Waals surface area contributed by atoms with Gasteiger partial charge >= 0.3 is 0 Å². The van der Waals surface area contributed by atoms with Crippen molar-refractivity contribution in [2.45, 2.75) is 6.92 Å². The molecule has 1 N–H and O–H groups in total. The summed E-state index contributed by atoms with van der Waals surface area (Å²) in [6.45, 7) is 2.44. The third-order valence-electron chi connectivity index (χ3n) is 3.98. The van der Waals surface area contributed by atoms with Crippen LogP contribution in [0.5, 0.6) is 5.75 Å². The average molecular weight is 369 g/mol. The van der Waals surface area contributed by atoms with Gasteiger partial charge in [-0.25, -0.2) is 0 Å². The number of carbonyl (C=O) groups is 2. The Bertz CT molecular complexity index is 965. The molecule has 0 saturated heterocycles. The lowest BCUT2D eigenvalue weighted by atomic mass is 10.2. The molecule has 3 heterocycles. The maximum absolute atomic E-state index is 12.4. The normalized spacial score (nSPS) is 13.3. The zero-order chi connectivity index (χ0) is 18.1. The van der Waals surface area contributed by atoms with Crippen molar-refractivity contribution in [2.24, 2.45) is 0 Å². The molecule has 26 heavy (non-hydrogen) atoms. The Kier molecular flexibility index (Phi) is 4.18. The molecule has 0 unspecified atom stereocenters. The third-order valence-corrected chi connectivity index (χ3v) is 4.87. The van der Waals surface area contributed by atoms with Crippen LogP contribution in [0.25, 0.3) is 10.6 Å². The van der Waals surface area contributed by atoms with E-state index in [1.54, 1.807) is 29.2 Å². The number of ether oxygens (including phenoxy) is 1. The summed E-state index contributed by atoms with van der Waals surface area (Å²) in [6, 6.07) is 10.6. The van der Waals surface area contributed by atoms with Crippen molar-refractivity contribution in [3.8, 4) is 16.4 Å². The van der Waals surface area contributed by atoms with Gasteiger partial charge < -0.3 is 19.5 Å². The molecule has 0 saturated carbocycles. The van der Waals surface area contributed by atoms with Crippen LogP contribution in [0.3, 0.4) is 0 Å². The minimum atomic E-state index is -0.386. The Morgan fingerprint density at radius 3 is 3.00 bits per heavy atom. The molecule has 132 valence electrons. The Balaban J connectivity index is 1.55. The lowest BCUT2D eigenvalue weighted by molar-refractivity contribution is -0.121. The van der Waals surface area contributed by atoms with Gasteiger partial charge in [0.25, 0.3) is 11.8 Å². The first kappa shape index (κ1) is 16.3. The standard InChI is InChI=1S/C18H15N3O4S/c1-2-21-13-8-11(5-6-14(13)24-10-17(21)22)19-18(23)12-9-15(25-20-12)16-4-3-7-26-16/h3-9H,2,10H2,1H3,(H,19,23). The van der Waals surface area contributed by atoms with E-state index in [4.69, 9.17) is 9.26 Å². The second-order valence-electron chi connectivity index (χ2n) is 5.62. The molecule has 1 aliphatic rings. The zero-order valence-corrected chi connectivity index (χ0v) is 14.7. The highest BCUT2D eigenvalue weighted by molar-refractivity contribution is 7.13. The lowest BCUT2D eigenvalue weighted by Crippen LogP contribution is -2.38. The highest BCUT2D eigenvalue weighted by atomic mass is 32.1. The number of carbonyl (C=O) groups excluding carboxylic acids is 2. The number of hydrogen-bond acceptors (Lipinski definition) is 6. The smallest absolute Gasteiger partial charge is 0.277 e. The first-order chi connectivity index (χ1) is 12.7. The molecule has 8 heteroatoms. The summed E-state index contributed by atoms with van der Waals surface area (Å²) in [6.07, 6.45) is 0. The number of fused-ring (bicyclic) bond motifs is 1. The van der Waals surface area contributed by atoms with Crippen molar-refractivity contribution in [3.63, 3.8) is 0 Å². The number of nitrogens with one attached hydrogen (secondary N) is 1. The molecule has 0 bridgehead atoms. The van der Waals surface area contributed by atoms with E-state index in [1.165, 1.54) is 11.3 Å². The van der Waals surface area contributed by atoms with Gasteiger partial charge in [-0.2, -0.15) is 0 Å². The monoisotopic (exact) mass is 369 g/mol. The maximum atomic E-state index is 12.4. The summed E-state index contributed by atoms with van der Waals surface area (Å²) in [5, 5.41) is 8.53. The van der Waals surface area contributed by atoms with Crippen molar-refractivity contribution in [2.75, 3.05) is 23.4 Å². The molecule has 3 aromatic rings. The molecule has 1 aliphatic heterocycles. The van der Waals surface area contributed by atoms with Crippen LogP contribution in [0.15, 0.2) is 46.3 Å². The van der Waals surface area contributed by atoms with Crippen LogP contribution < -0.4 is 15.0 Å². The summed E-state index contributed by atoms with van der Waals surface area (Å²) in [5.41, 5.74) is 1.37. The third kappa shape index (κ3) is 2.95. The van der Waals surface area contributed by atoms with Crippen molar-refractivity contribution >= 4 is 34.5 Å². The van der Waals surface area contributed by atoms with E-state index in [0.717, 1.165) is 4.88 Å². The molecule has 0 aliphatic carbocycles. The SMILES string of the molecule is CCN1C(=O)COc2ccc(NC(=O)c3cc(-c4cccs4)on3)cc21. The Morgan fingerprint density at radius 1 is 1.35 bits per heavy atom. The molecule has 0 atom stereocenters. The lowest BCUT2D eigenvalue weighted by Gasteiger charge is -2.28. The van der Waals surface area contributed by atoms with Gasteiger partial charge in [0.15, 0.2) is 18.1 Å². The largest absolute Gasteiger partial charge is 0.482 e. The zero-order valence-electron chi connectivity index (χ0n) is 13.9. The summed E-state index contributed by atoms with van der Waals surface area (Å²) in [7, 11) is 0. The van der Waals surface area contributed by atoms with E-state index in [9.17, 15) is 9.59 Å². The number of amides is 2. The second-order valence-corrected chi connectivity index (χ2v) is 6.56. The van der Waals surface area contributed by atoms with E-state index in [-0.39, 0.29) is 24.1 Å². The number of rotatable bonds is 4. The van der Waals surface area contributed by atoms with Crippen LogP contribution in [-0.4, -0.2) is 30.1 Å². The van der Waals surface area contributed by atoms with Gasteiger partial charge in [0.2, 0.25) is 0 Å². The fourth-order valence-electron chi connectivity index (χ4n) is 2.74. The molecule has 1 aromatic carbocycles. The highest BCUT2D eigenvalue weighted by Gasteiger charge is 2.25. The Labute approximate surface area is 153 Å². The van der Waals surface area contributed by atoms with Crippen molar-refractivity contribution in [1.82, 2.24) is 5.16 Å². The van der Waals surface area contributed by atoms with Gasteiger partial charge in [0.05, 0.1) is 10.6 Å². The van der Waals surface area contributed by atoms with Gasteiger partial charge in [0, 0.05) is 18.3 Å². The summed E-state index contributed by atoms with van der Waals surface area (Å²) in [4.78, 5) is 26.9. The molecule has 2 amide bonds. The quantitative estimate of drug-likeness (QED) is 0.762. The van der Waals surface area contributed by atoms with E-state index < -0.39 is 0 Å². The van der Waals surface area contributed by atoms with Crippen molar-refractivity contribution in [1.29, 1.82) is 0 Å². The fourth-order valence-corrected chi connectivity index (χ4v) is 3.41. The Hall–Kier alpha value is -3.13. The number of benzene rings is 1. The number of nitrogens with zero attached hydrogens (tertiary/aromatic N) is 2. The fraction of sp³-hybridized carbons (Fsp3) is 0.167. The van der Waals surface area contributed by atoms with Crippen LogP contribution in [0, 0.1) is 0 Å². The van der Waals surface area contributed by atoms with Gasteiger partial charge in [-0.1, -0.05) is 11.2 Å². The highest BCUT2D eigenvalue weighted by Crippen LogP contribution is 2.34. The topological polar surface area (TPSA) is 84.7 Å². The van der Waals surface area contributed by atoms with Crippen LogP contribution in [0.2, 0.25) is 0 Å². The summed E-state index contributed by atoms with van der Waals surface area (Å²) in [5.74, 6) is 0.667. The van der Waals surface area contributed by atoms with Gasteiger partial charge in [-0.15, -0.1) is 11.3 Å². The van der Waals surface area contributed by atoms with Crippen molar-refractivity contribution in [3.05, 3.63) is 47.5 Å². The van der Waals surface area contributed by atoms with Crippen LogP contribution in [0.1, 0.15) is 17.4 Å². The molecule has 4 rings (SSSR count). The minimum absolute atomic E-state index is 0.0248. The number of hydrogen-bond donors (Lipinski definition) is 1. The minimum Gasteiger partial charge on any atom is -0.482 e. The number of likely N-dealkylation sites (N-methyl/N-ethyl adjacent to an activating group) is 1. The Morgan fingerprint density at radius 2 is 2.23 bits per heavy atom. The second kappa shape index (κ2) is 6.64. The molecular weight excluding hydrogens is 354 g/mol. The van der Waals surface area contributed by atoms with Crippen LogP contribution in [0.4, 0.5) is 11.4 Å². The summed E-state index contributed by atoms with van der Waals surface area (Å²) >= 11 is 1.51. The van der Waals surface area contributed by atoms with E-state index in [2.05, 4.69) is 10.5 Å². The number of thiophene rings is 1. The van der Waals surface area contributed by atoms with Crippen LogP contribution in [-0.2, 0) is 4.79 Å². The molecule has 0 spiro atoms. The van der Waals surface area contributed by atoms with Gasteiger partial charge in [-0.05, 0) is 36.6 Å². The molecule has 2 aromatic heterocycles. The number of aromatic nitrogens is 1. The maximum Gasteiger partial charge on any atom is 0.277 e. The van der Waals surface area contributed by atoms with Crippen molar-refractivity contribution < 1.29 is 18.8 Å². The first-order valence-corrected chi connectivity index (χ1v) is 8.93. The van der Waals surface area contributed by atoms with E-state index in [1.807, 2.05) is 24.4 Å². The molecular formula is C18H15N3O4S. The van der Waals surface area contributed by atoms with Gasteiger partial charge in [0.1, 0.15) is 5.75 Å². The molecule has 7 nitrogen and oxygen atoms in total. The predicted molar refractivity (Wildman–Crippen MR) is 97.7 cm³/mol. The van der Waals surface area contributed by atoms with Crippen LogP contribution >= 0.6 is 11.3 Å². The van der Waals surface area contributed by atoms with E-state index >= 15 is 0 Å². The number of anilines is 2. The summed E-state index contributed by atoms with van der Waals surface area (Å²) < 4.78 is 10.7. The average Bonchev–Trinajstić information content (AvgIpc) is 3.33. The molecule has 0 fully saturated rings. The first-order valence-electron chi connectivity index (χ1n) is 8.05. The van der Waals surface area contributed by atoms with Gasteiger partial charge in [-0.3, -0.25) is 9.59 Å². The van der Waals surface area contributed by atoms with E-state index in [0.29, 0.717) is 29.4 Å². The predicted octanol–water partition coefficient (Wildman–Crippen LogP) is 3.40. The molecule has 0 radical (unpaired) electrons.